The average Bonchev–Trinajstić information content (AvgIpc) is 2.82. The monoisotopic (exact) mass is 259 g/mol. The summed E-state index contributed by atoms with van der Waals surface area (Å²) in [6.07, 6.45) is 4.24. The number of carboxylic acid groups (broad SMARTS) is 1. The van der Waals surface area contributed by atoms with Crippen molar-refractivity contribution in [1.29, 1.82) is 0 Å². The molecule has 0 radical (unpaired) electrons. The standard InChI is InChI=1S/C15H17NO3/c1-11(16-10-2-3-14(16)17)13-7-4-12(5-8-13)6-9-15(18)19/h4-9,11H,2-3,10H2,1H3,(H,18,19). The van der Waals surface area contributed by atoms with Crippen molar-refractivity contribution in [3.05, 3.63) is 41.5 Å². The van der Waals surface area contributed by atoms with E-state index in [9.17, 15) is 9.59 Å². The summed E-state index contributed by atoms with van der Waals surface area (Å²) >= 11 is 0. The minimum Gasteiger partial charge on any atom is -0.478 e. The lowest BCUT2D eigenvalue weighted by atomic mass is 10.0. The average molecular weight is 259 g/mol. The van der Waals surface area contributed by atoms with E-state index in [-0.39, 0.29) is 11.9 Å². The predicted molar refractivity (Wildman–Crippen MR) is 72.5 cm³/mol. The highest BCUT2D eigenvalue weighted by Gasteiger charge is 2.25. The van der Waals surface area contributed by atoms with E-state index < -0.39 is 5.97 Å². The van der Waals surface area contributed by atoms with Crippen LogP contribution in [-0.4, -0.2) is 28.4 Å². The first-order valence-corrected chi connectivity index (χ1v) is 6.38. The molecule has 1 amide bonds. The van der Waals surface area contributed by atoms with Gasteiger partial charge in [-0.1, -0.05) is 24.3 Å². The smallest absolute Gasteiger partial charge is 0.328 e. The molecule has 1 aromatic carbocycles. The summed E-state index contributed by atoms with van der Waals surface area (Å²) in [5.41, 5.74) is 1.91. The lowest BCUT2D eigenvalue weighted by Gasteiger charge is -2.24. The van der Waals surface area contributed by atoms with Crippen molar-refractivity contribution in [2.75, 3.05) is 6.54 Å². The Morgan fingerprint density at radius 1 is 1.37 bits per heavy atom. The summed E-state index contributed by atoms with van der Waals surface area (Å²) in [7, 11) is 0. The van der Waals surface area contributed by atoms with Crippen LogP contribution in [0, 0.1) is 0 Å². The van der Waals surface area contributed by atoms with E-state index in [1.165, 1.54) is 0 Å². The molecule has 1 aliphatic rings. The van der Waals surface area contributed by atoms with Crippen LogP contribution < -0.4 is 0 Å². The molecule has 1 N–H and O–H groups in total. The van der Waals surface area contributed by atoms with Gasteiger partial charge in [-0.3, -0.25) is 4.79 Å². The van der Waals surface area contributed by atoms with Gasteiger partial charge in [0.2, 0.25) is 5.91 Å². The van der Waals surface area contributed by atoms with Crippen molar-refractivity contribution in [1.82, 2.24) is 4.90 Å². The Balaban J connectivity index is 2.09. The minimum absolute atomic E-state index is 0.0764. The first kappa shape index (κ1) is 13.3. The van der Waals surface area contributed by atoms with Crippen LogP contribution >= 0.6 is 0 Å². The highest BCUT2D eigenvalue weighted by atomic mass is 16.4. The molecule has 1 aromatic rings. The maximum atomic E-state index is 11.7. The molecule has 19 heavy (non-hydrogen) atoms. The van der Waals surface area contributed by atoms with E-state index in [0.717, 1.165) is 30.2 Å². The molecule has 1 atom stereocenters. The van der Waals surface area contributed by atoms with Gasteiger partial charge < -0.3 is 10.0 Å². The normalized spacial score (nSPS) is 17.1. The van der Waals surface area contributed by atoms with Crippen LogP contribution in [0.2, 0.25) is 0 Å². The number of amides is 1. The van der Waals surface area contributed by atoms with Crippen molar-refractivity contribution >= 4 is 18.0 Å². The third-order valence-electron chi connectivity index (χ3n) is 3.41. The van der Waals surface area contributed by atoms with Crippen molar-refractivity contribution in [3.63, 3.8) is 0 Å². The maximum absolute atomic E-state index is 11.7. The Bertz CT molecular complexity index is 505. The van der Waals surface area contributed by atoms with Crippen LogP contribution in [0.5, 0.6) is 0 Å². The van der Waals surface area contributed by atoms with Gasteiger partial charge in [-0.15, -0.1) is 0 Å². The number of carbonyl (C=O) groups is 2. The fraction of sp³-hybridized carbons (Fsp3) is 0.333. The Morgan fingerprint density at radius 3 is 2.58 bits per heavy atom. The summed E-state index contributed by atoms with van der Waals surface area (Å²) in [5.74, 6) is -0.748. The molecule has 0 aliphatic carbocycles. The molecule has 100 valence electrons. The van der Waals surface area contributed by atoms with Crippen LogP contribution in [-0.2, 0) is 9.59 Å². The van der Waals surface area contributed by atoms with Crippen LogP contribution in [0.4, 0.5) is 0 Å². The van der Waals surface area contributed by atoms with Gasteiger partial charge in [-0.2, -0.15) is 0 Å². The van der Waals surface area contributed by atoms with Gasteiger partial charge in [0.1, 0.15) is 0 Å². The zero-order chi connectivity index (χ0) is 13.8. The SMILES string of the molecule is CC(c1ccc(C=CC(=O)O)cc1)N1CCCC1=O. The quantitative estimate of drug-likeness (QED) is 0.845. The summed E-state index contributed by atoms with van der Waals surface area (Å²) < 4.78 is 0. The lowest BCUT2D eigenvalue weighted by molar-refractivity contribution is -0.131. The third-order valence-corrected chi connectivity index (χ3v) is 3.41. The van der Waals surface area contributed by atoms with E-state index in [1.807, 2.05) is 36.1 Å². The number of carbonyl (C=O) groups excluding carboxylic acids is 1. The van der Waals surface area contributed by atoms with Gasteiger partial charge in [-0.25, -0.2) is 4.79 Å². The summed E-state index contributed by atoms with van der Waals surface area (Å²) in [6.45, 7) is 2.84. The van der Waals surface area contributed by atoms with Crippen LogP contribution in [0.3, 0.4) is 0 Å². The molecule has 0 saturated carbocycles. The number of nitrogens with zero attached hydrogens (tertiary/aromatic N) is 1. The van der Waals surface area contributed by atoms with Crippen LogP contribution in [0.15, 0.2) is 30.3 Å². The fourth-order valence-corrected chi connectivity index (χ4v) is 2.31. The van der Waals surface area contributed by atoms with Gasteiger partial charge in [0.25, 0.3) is 0 Å². The number of likely N-dealkylation sites (tertiary alicyclic amines) is 1. The number of carboxylic acids is 1. The Hall–Kier alpha value is -2.10. The molecule has 1 unspecified atom stereocenters. The predicted octanol–water partition coefficient (Wildman–Crippen LogP) is 2.47. The van der Waals surface area contributed by atoms with E-state index >= 15 is 0 Å². The first-order chi connectivity index (χ1) is 9.08. The molecule has 4 heteroatoms. The maximum Gasteiger partial charge on any atom is 0.328 e. The fourth-order valence-electron chi connectivity index (χ4n) is 2.31. The number of benzene rings is 1. The van der Waals surface area contributed by atoms with Crippen molar-refractivity contribution in [2.45, 2.75) is 25.8 Å². The second-order valence-corrected chi connectivity index (χ2v) is 4.70. The van der Waals surface area contributed by atoms with Crippen molar-refractivity contribution in [2.24, 2.45) is 0 Å². The molecule has 0 bridgehead atoms. The molecule has 1 heterocycles. The number of hydrogen-bond donors (Lipinski definition) is 1. The van der Waals surface area contributed by atoms with Crippen LogP contribution in [0.1, 0.15) is 36.9 Å². The Morgan fingerprint density at radius 2 is 2.05 bits per heavy atom. The summed E-state index contributed by atoms with van der Waals surface area (Å²) in [5, 5.41) is 8.56. The molecule has 2 rings (SSSR count). The topological polar surface area (TPSA) is 57.6 Å². The van der Waals surface area contributed by atoms with Gasteiger partial charge in [0.05, 0.1) is 6.04 Å². The van der Waals surface area contributed by atoms with Crippen molar-refractivity contribution < 1.29 is 14.7 Å². The zero-order valence-electron chi connectivity index (χ0n) is 10.9. The van der Waals surface area contributed by atoms with Gasteiger partial charge in [-0.05, 0) is 30.5 Å². The molecule has 0 spiro atoms. The van der Waals surface area contributed by atoms with Crippen LogP contribution in [0.25, 0.3) is 6.08 Å². The summed E-state index contributed by atoms with van der Waals surface area (Å²) in [4.78, 5) is 24.0. The Labute approximate surface area is 112 Å². The van der Waals surface area contributed by atoms with Gasteiger partial charge >= 0.3 is 5.97 Å². The number of rotatable bonds is 4. The first-order valence-electron chi connectivity index (χ1n) is 6.38. The molecule has 0 aromatic heterocycles. The van der Waals surface area contributed by atoms with Gasteiger partial charge in [0.15, 0.2) is 0 Å². The van der Waals surface area contributed by atoms with E-state index in [4.69, 9.17) is 5.11 Å². The molecule has 1 aliphatic heterocycles. The summed E-state index contributed by atoms with van der Waals surface area (Å²) in [6, 6.07) is 7.69. The molecule has 1 saturated heterocycles. The second kappa shape index (κ2) is 5.69. The highest BCUT2D eigenvalue weighted by Crippen LogP contribution is 2.25. The van der Waals surface area contributed by atoms with E-state index in [1.54, 1.807) is 6.08 Å². The zero-order valence-corrected chi connectivity index (χ0v) is 10.9. The van der Waals surface area contributed by atoms with E-state index in [0.29, 0.717) is 6.42 Å². The second-order valence-electron chi connectivity index (χ2n) is 4.70. The Kier molecular flexibility index (Phi) is 4.00. The molecular weight excluding hydrogens is 242 g/mol. The largest absolute Gasteiger partial charge is 0.478 e. The third kappa shape index (κ3) is 3.22. The minimum atomic E-state index is -0.958. The lowest BCUT2D eigenvalue weighted by Crippen LogP contribution is -2.27. The highest BCUT2D eigenvalue weighted by molar-refractivity contribution is 5.85. The van der Waals surface area contributed by atoms with Crippen molar-refractivity contribution in [3.8, 4) is 0 Å². The molecule has 4 nitrogen and oxygen atoms in total. The van der Waals surface area contributed by atoms with E-state index in [2.05, 4.69) is 0 Å². The molecular formula is C15H17NO3. The number of hydrogen-bond acceptors (Lipinski definition) is 2. The number of aliphatic carboxylic acids is 1. The molecule has 1 fully saturated rings. The van der Waals surface area contributed by atoms with Gasteiger partial charge in [0, 0.05) is 19.0 Å².